The van der Waals surface area contributed by atoms with Gasteiger partial charge in [0.25, 0.3) is 0 Å². The number of hydrogen-bond acceptors (Lipinski definition) is 5. The van der Waals surface area contributed by atoms with Crippen LogP contribution in [-0.2, 0) is 0 Å². The third-order valence-electron chi connectivity index (χ3n) is 8.77. The van der Waals surface area contributed by atoms with E-state index in [1.54, 1.807) is 55.6 Å². The first-order valence-electron chi connectivity index (χ1n) is 13.5. The molecule has 0 amide bonds. The Morgan fingerprint density at radius 1 is 0.825 bits per heavy atom. The number of methoxy groups -OCH3 is 1. The lowest BCUT2D eigenvalue weighted by molar-refractivity contribution is 0.0666. The minimum atomic E-state index is -1.50. The van der Waals surface area contributed by atoms with Crippen LogP contribution in [0.1, 0.15) is 53.7 Å². The summed E-state index contributed by atoms with van der Waals surface area (Å²) in [6.07, 6.45) is 3.93. The number of para-hydroxylation sites is 1. The van der Waals surface area contributed by atoms with Gasteiger partial charge in [0.2, 0.25) is 0 Å². The second-order valence-corrected chi connectivity index (χ2v) is 10.8. The standard InChI is InChI=1S/C35H27NO4/c1-21-14-16-23(17-15-21)30-31(32(37)24-9-7-10-25(20-24)40-2)36-28-13-6-3-8-22(28)18-19-29(36)35(30)33(38)26-11-4-5-12-27(26)34(35)39/h3-20,29-31H,1-2H3/t29-,30+,31-/m1/s1. The molecule has 2 aliphatic heterocycles. The van der Waals surface area contributed by atoms with Gasteiger partial charge in [-0.05, 0) is 36.2 Å². The second kappa shape index (κ2) is 8.88. The highest BCUT2D eigenvalue weighted by Gasteiger charge is 2.71. The summed E-state index contributed by atoms with van der Waals surface area (Å²) in [6.45, 7) is 2.00. The molecular weight excluding hydrogens is 498 g/mol. The monoisotopic (exact) mass is 525 g/mol. The fourth-order valence-corrected chi connectivity index (χ4v) is 7.01. The average Bonchev–Trinajstić information content (AvgIpc) is 3.43. The van der Waals surface area contributed by atoms with Gasteiger partial charge < -0.3 is 9.64 Å². The Kier molecular flexibility index (Phi) is 5.39. The average molecular weight is 526 g/mol. The van der Waals surface area contributed by atoms with Crippen molar-refractivity contribution >= 4 is 29.1 Å². The zero-order valence-electron chi connectivity index (χ0n) is 22.2. The van der Waals surface area contributed by atoms with Crippen LogP contribution in [0.25, 0.3) is 6.08 Å². The number of ketones is 3. The first kappa shape index (κ1) is 24.3. The molecule has 5 heteroatoms. The summed E-state index contributed by atoms with van der Waals surface area (Å²) in [6, 6.07) is 28.4. The third-order valence-corrected chi connectivity index (χ3v) is 8.77. The highest BCUT2D eigenvalue weighted by atomic mass is 16.5. The molecule has 1 saturated heterocycles. The molecular formula is C35H27NO4. The van der Waals surface area contributed by atoms with Gasteiger partial charge in [-0.3, -0.25) is 14.4 Å². The van der Waals surface area contributed by atoms with Gasteiger partial charge in [0.05, 0.1) is 13.2 Å². The second-order valence-electron chi connectivity index (χ2n) is 10.8. The summed E-state index contributed by atoms with van der Waals surface area (Å²) in [4.78, 5) is 46.0. The predicted molar refractivity (Wildman–Crippen MR) is 154 cm³/mol. The molecule has 0 bridgehead atoms. The highest BCUT2D eigenvalue weighted by Crippen LogP contribution is 2.61. The van der Waals surface area contributed by atoms with Crippen molar-refractivity contribution < 1.29 is 19.1 Å². The van der Waals surface area contributed by atoms with E-state index < -0.39 is 23.4 Å². The summed E-state index contributed by atoms with van der Waals surface area (Å²) < 4.78 is 5.44. The van der Waals surface area contributed by atoms with Crippen molar-refractivity contribution in [3.05, 3.63) is 137 Å². The lowest BCUT2D eigenvalue weighted by atomic mass is 9.64. The van der Waals surface area contributed by atoms with Crippen LogP contribution in [0.4, 0.5) is 5.69 Å². The molecule has 0 aromatic heterocycles. The number of aryl methyl sites for hydroxylation is 1. The number of fused-ring (bicyclic) bond motifs is 5. The van der Waals surface area contributed by atoms with Gasteiger partial charge in [-0.25, -0.2) is 0 Å². The number of carbonyl (C=O) groups excluding carboxylic acids is 3. The van der Waals surface area contributed by atoms with Gasteiger partial charge >= 0.3 is 0 Å². The van der Waals surface area contributed by atoms with Crippen LogP contribution in [0.5, 0.6) is 5.75 Å². The normalized spacial score (nSPS) is 21.8. The molecule has 1 fully saturated rings. The van der Waals surface area contributed by atoms with E-state index in [1.807, 2.05) is 72.5 Å². The number of nitrogens with zero attached hydrogens (tertiary/aromatic N) is 1. The number of hydrogen-bond donors (Lipinski definition) is 0. The molecule has 0 saturated carbocycles. The number of Topliss-reactive ketones (excluding diaryl/α,β-unsaturated/α-hetero) is 3. The van der Waals surface area contributed by atoms with Crippen molar-refractivity contribution in [3.8, 4) is 5.75 Å². The highest BCUT2D eigenvalue weighted by molar-refractivity contribution is 6.32. The van der Waals surface area contributed by atoms with E-state index in [0.717, 1.165) is 22.4 Å². The zero-order valence-corrected chi connectivity index (χ0v) is 22.2. The van der Waals surface area contributed by atoms with E-state index in [2.05, 4.69) is 0 Å². The van der Waals surface area contributed by atoms with E-state index in [1.165, 1.54) is 0 Å². The molecule has 5 nitrogen and oxygen atoms in total. The Morgan fingerprint density at radius 2 is 1.50 bits per heavy atom. The van der Waals surface area contributed by atoms with Gasteiger partial charge in [0.1, 0.15) is 17.2 Å². The fourth-order valence-electron chi connectivity index (χ4n) is 7.01. The predicted octanol–water partition coefficient (Wildman–Crippen LogP) is 6.32. The lowest BCUT2D eigenvalue weighted by Crippen LogP contribution is -2.48. The van der Waals surface area contributed by atoms with Gasteiger partial charge in [-0.15, -0.1) is 0 Å². The number of ether oxygens (including phenoxy) is 1. The van der Waals surface area contributed by atoms with E-state index in [0.29, 0.717) is 22.4 Å². The fraction of sp³-hybridized carbons (Fsp3) is 0.171. The molecule has 0 unspecified atom stereocenters. The Morgan fingerprint density at radius 3 is 2.20 bits per heavy atom. The molecule has 3 aliphatic rings. The van der Waals surface area contributed by atoms with Crippen molar-refractivity contribution in [2.45, 2.75) is 24.9 Å². The van der Waals surface area contributed by atoms with Gasteiger partial charge in [0.15, 0.2) is 17.3 Å². The van der Waals surface area contributed by atoms with Crippen LogP contribution in [0, 0.1) is 12.3 Å². The molecule has 0 N–H and O–H groups in total. The smallest absolute Gasteiger partial charge is 0.186 e. The van der Waals surface area contributed by atoms with Crippen molar-refractivity contribution in [3.63, 3.8) is 0 Å². The van der Waals surface area contributed by atoms with Crippen LogP contribution >= 0.6 is 0 Å². The third kappa shape index (κ3) is 3.18. The molecule has 4 aromatic rings. The number of benzene rings is 4. The van der Waals surface area contributed by atoms with Gasteiger partial charge in [0, 0.05) is 28.3 Å². The van der Waals surface area contributed by atoms with E-state index >= 15 is 0 Å². The van der Waals surface area contributed by atoms with E-state index in [4.69, 9.17) is 4.74 Å². The molecule has 4 aromatic carbocycles. The SMILES string of the molecule is COc1cccc(C(=O)[C@H]2[C@H](c3ccc(C)cc3)C3(C(=O)c4ccccc4C3=O)[C@H]3C=Cc4ccccc4N23)c1. The first-order chi connectivity index (χ1) is 19.5. The Labute approximate surface area is 232 Å². The Balaban J connectivity index is 1.54. The number of rotatable bonds is 4. The van der Waals surface area contributed by atoms with E-state index in [-0.39, 0.29) is 17.3 Å². The minimum Gasteiger partial charge on any atom is -0.497 e. The molecule has 1 aliphatic carbocycles. The number of anilines is 1. The largest absolute Gasteiger partial charge is 0.497 e. The molecule has 40 heavy (non-hydrogen) atoms. The van der Waals surface area contributed by atoms with Crippen molar-refractivity contribution in [2.75, 3.05) is 12.0 Å². The van der Waals surface area contributed by atoms with Crippen molar-refractivity contribution in [2.24, 2.45) is 5.41 Å². The summed E-state index contributed by atoms with van der Waals surface area (Å²) in [7, 11) is 1.57. The zero-order chi connectivity index (χ0) is 27.6. The Hall–Kier alpha value is -4.77. The van der Waals surface area contributed by atoms with Gasteiger partial charge in [-0.2, -0.15) is 0 Å². The van der Waals surface area contributed by atoms with Crippen LogP contribution in [0.3, 0.4) is 0 Å². The summed E-state index contributed by atoms with van der Waals surface area (Å²) in [5.74, 6) is -0.758. The maximum atomic E-state index is 14.7. The molecule has 1 spiro atoms. The van der Waals surface area contributed by atoms with Crippen LogP contribution in [0.15, 0.2) is 103 Å². The van der Waals surface area contributed by atoms with Crippen LogP contribution < -0.4 is 9.64 Å². The first-order valence-corrected chi connectivity index (χ1v) is 13.5. The summed E-state index contributed by atoms with van der Waals surface area (Å²) in [5.41, 5.74) is 3.45. The van der Waals surface area contributed by atoms with E-state index in [9.17, 15) is 14.4 Å². The molecule has 2 heterocycles. The maximum absolute atomic E-state index is 14.7. The van der Waals surface area contributed by atoms with Crippen molar-refractivity contribution in [1.82, 2.24) is 0 Å². The molecule has 196 valence electrons. The maximum Gasteiger partial charge on any atom is 0.186 e. The molecule has 7 rings (SSSR count). The molecule has 3 atom stereocenters. The number of carbonyl (C=O) groups is 3. The lowest BCUT2D eigenvalue weighted by Gasteiger charge is -2.37. The van der Waals surface area contributed by atoms with Crippen LogP contribution in [0.2, 0.25) is 0 Å². The minimum absolute atomic E-state index is 0.159. The topological polar surface area (TPSA) is 63.7 Å². The quantitative estimate of drug-likeness (QED) is 0.231. The summed E-state index contributed by atoms with van der Waals surface area (Å²) >= 11 is 0. The Bertz CT molecular complexity index is 1700. The summed E-state index contributed by atoms with van der Waals surface area (Å²) in [5, 5.41) is 0. The van der Waals surface area contributed by atoms with Gasteiger partial charge in [-0.1, -0.05) is 96.6 Å². The van der Waals surface area contributed by atoms with Crippen molar-refractivity contribution in [1.29, 1.82) is 0 Å². The molecule has 0 radical (unpaired) electrons. The van der Waals surface area contributed by atoms with Crippen LogP contribution in [-0.4, -0.2) is 36.5 Å².